The lowest BCUT2D eigenvalue weighted by Crippen LogP contribution is -2.22. The third-order valence-electron chi connectivity index (χ3n) is 3.32. The summed E-state index contributed by atoms with van der Waals surface area (Å²) in [5.74, 6) is -2.65. The van der Waals surface area contributed by atoms with E-state index in [0.717, 1.165) is 10.9 Å². The molecule has 1 unspecified atom stereocenters. The molecular weight excluding hydrogens is 292 g/mol. The molecule has 0 amide bonds. The van der Waals surface area contributed by atoms with Crippen LogP contribution >= 0.6 is 0 Å². The van der Waals surface area contributed by atoms with Gasteiger partial charge in [0, 0.05) is 11.9 Å². The van der Waals surface area contributed by atoms with E-state index in [1.807, 2.05) is 31.2 Å². The summed E-state index contributed by atoms with van der Waals surface area (Å²) in [7, 11) is -3.52. The normalized spacial score (nSPS) is 13.4. The first-order valence-electron chi connectivity index (χ1n) is 6.71. The number of nitrogens with zero attached hydrogens (tertiary/aromatic N) is 2. The molecule has 114 valence electrons. The van der Waals surface area contributed by atoms with Crippen LogP contribution in [0.1, 0.15) is 19.5 Å². The van der Waals surface area contributed by atoms with Gasteiger partial charge < -0.3 is 5.11 Å². The lowest BCUT2D eigenvalue weighted by Gasteiger charge is -2.06. The summed E-state index contributed by atoms with van der Waals surface area (Å²) >= 11 is 0. The smallest absolute Gasteiger partial charge is 0.307 e. The van der Waals surface area contributed by atoms with Gasteiger partial charge in [-0.3, -0.25) is 9.48 Å². The molecule has 1 heterocycles. The minimum Gasteiger partial charge on any atom is -0.481 e. The van der Waals surface area contributed by atoms with Crippen LogP contribution in [0, 0.1) is 5.92 Å². The molecule has 0 saturated carbocycles. The van der Waals surface area contributed by atoms with Crippen molar-refractivity contribution in [1.29, 1.82) is 0 Å². The average Bonchev–Trinajstić information content (AvgIpc) is 2.76. The zero-order valence-corrected chi connectivity index (χ0v) is 12.8. The van der Waals surface area contributed by atoms with Gasteiger partial charge in [-0.1, -0.05) is 25.1 Å². The molecule has 1 aromatic heterocycles. The molecule has 0 aliphatic rings. The van der Waals surface area contributed by atoms with E-state index in [-0.39, 0.29) is 11.5 Å². The van der Waals surface area contributed by atoms with Crippen LogP contribution in [0.4, 0.5) is 0 Å². The summed E-state index contributed by atoms with van der Waals surface area (Å²) in [6.07, 6.45) is 0. The maximum absolute atomic E-state index is 12.1. The van der Waals surface area contributed by atoms with Gasteiger partial charge in [0.1, 0.15) is 0 Å². The molecule has 2 aromatic rings. The molecule has 1 atom stereocenters. The third-order valence-corrected chi connectivity index (χ3v) is 5.04. The number of aryl methyl sites for hydroxylation is 1. The Bertz CT molecular complexity index is 764. The van der Waals surface area contributed by atoms with Crippen molar-refractivity contribution in [3.63, 3.8) is 0 Å². The van der Waals surface area contributed by atoms with Crippen molar-refractivity contribution in [2.24, 2.45) is 5.92 Å². The highest BCUT2D eigenvalue weighted by atomic mass is 32.2. The van der Waals surface area contributed by atoms with Crippen LogP contribution in [-0.4, -0.2) is 35.0 Å². The van der Waals surface area contributed by atoms with Crippen LogP contribution in [0.2, 0.25) is 0 Å². The zero-order valence-electron chi connectivity index (χ0n) is 12.0. The minimum atomic E-state index is -3.52. The fraction of sp³-hybridized carbons (Fsp3) is 0.429. The molecule has 0 radical (unpaired) electrons. The number of carboxylic acids is 1. The third kappa shape index (κ3) is 3.41. The summed E-state index contributed by atoms with van der Waals surface area (Å²) < 4.78 is 26.0. The van der Waals surface area contributed by atoms with E-state index < -0.39 is 21.7 Å². The Morgan fingerprint density at radius 3 is 2.67 bits per heavy atom. The zero-order chi connectivity index (χ0) is 15.6. The fourth-order valence-electron chi connectivity index (χ4n) is 2.26. The monoisotopic (exact) mass is 310 g/mol. The second-order valence-corrected chi connectivity index (χ2v) is 7.18. The molecule has 1 N–H and O–H groups in total. The van der Waals surface area contributed by atoms with Gasteiger partial charge in [-0.15, -0.1) is 0 Å². The Morgan fingerprint density at radius 1 is 1.38 bits per heavy atom. The topological polar surface area (TPSA) is 89.3 Å². The van der Waals surface area contributed by atoms with E-state index in [1.165, 1.54) is 6.92 Å². The van der Waals surface area contributed by atoms with Crippen molar-refractivity contribution in [3.05, 3.63) is 30.0 Å². The van der Waals surface area contributed by atoms with Gasteiger partial charge in [-0.2, -0.15) is 5.10 Å². The Morgan fingerprint density at radius 2 is 2.05 bits per heavy atom. The van der Waals surface area contributed by atoms with Gasteiger partial charge in [-0.25, -0.2) is 8.42 Å². The van der Waals surface area contributed by atoms with Gasteiger partial charge in [0.05, 0.1) is 28.6 Å². The van der Waals surface area contributed by atoms with Crippen LogP contribution in [0.5, 0.6) is 0 Å². The minimum absolute atomic E-state index is 0.238. The first kappa shape index (κ1) is 15.5. The summed E-state index contributed by atoms with van der Waals surface area (Å²) in [5.41, 5.74) is 1.36. The van der Waals surface area contributed by atoms with Crippen LogP contribution in [-0.2, 0) is 26.9 Å². The predicted molar refractivity (Wildman–Crippen MR) is 79.7 cm³/mol. The summed E-state index contributed by atoms with van der Waals surface area (Å²) in [6, 6.07) is 7.43. The van der Waals surface area contributed by atoms with E-state index in [2.05, 4.69) is 5.10 Å². The molecule has 0 spiro atoms. The van der Waals surface area contributed by atoms with E-state index in [0.29, 0.717) is 12.2 Å². The van der Waals surface area contributed by atoms with Crippen LogP contribution in [0.3, 0.4) is 0 Å². The standard InChI is InChI=1S/C14H18N2O4S/c1-3-16-13-7-5-4-6-11(13)12(15-16)9-21(19,20)8-10(2)14(17)18/h4-7,10H,3,8-9H2,1-2H3,(H,17,18). The first-order valence-corrected chi connectivity index (χ1v) is 8.54. The predicted octanol–water partition coefficient (Wildman–Crippen LogP) is 1.69. The maximum atomic E-state index is 12.1. The lowest BCUT2D eigenvalue weighted by atomic mass is 10.2. The highest BCUT2D eigenvalue weighted by Gasteiger charge is 2.23. The number of hydrogen-bond acceptors (Lipinski definition) is 4. The van der Waals surface area contributed by atoms with E-state index in [9.17, 15) is 13.2 Å². The number of para-hydroxylation sites is 1. The molecule has 7 heteroatoms. The van der Waals surface area contributed by atoms with Gasteiger partial charge in [0.2, 0.25) is 0 Å². The van der Waals surface area contributed by atoms with Gasteiger partial charge in [0.15, 0.2) is 9.84 Å². The molecule has 6 nitrogen and oxygen atoms in total. The molecule has 0 bridgehead atoms. The van der Waals surface area contributed by atoms with Crippen molar-refractivity contribution in [3.8, 4) is 0 Å². The Balaban J connectivity index is 2.33. The van der Waals surface area contributed by atoms with E-state index >= 15 is 0 Å². The number of rotatable bonds is 6. The summed E-state index contributed by atoms with van der Waals surface area (Å²) in [5, 5.41) is 14.0. The van der Waals surface area contributed by atoms with Gasteiger partial charge in [0.25, 0.3) is 0 Å². The van der Waals surface area contributed by atoms with Crippen molar-refractivity contribution >= 4 is 26.7 Å². The number of fused-ring (bicyclic) bond motifs is 1. The van der Waals surface area contributed by atoms with Crippen molar-refractivity contribution < 1.29 is 18.3 Å². The number of sulfone groups is 1. The first-order chi connectivity index (χ1) is 9.84. The fourth-order valence-corrected chi connectivity index (χ4v) is 3.92. The van der Waals surface area contributed by atoms with Crippen LogP contribution in [0.25, 0.3) is 10.9 Å². The lowest BCUT2D eigenvalue weighted by molar-refractivity contribution is -0.140. The summed E-state index contributed by atoms with van der Waals surface area (Å²) in [6.45, 7) is 3.97. The molecule has 1 aromatic carbocycles. The quantitative estimate of drug-likeness (QED) is 0.877. The second kappa shape index (κ2) is 5.85. The number of hydrogen-bond donors (Lipinski definition) is 1. The van der Waals surface area contributed by atoms with Gasteiger partial charge >= 0.3 is 5.97 Å². The maximum Gasteiger partial charge on any atom is 0.307 e. The van der Waals surface area contributed by atoms with Crippen LogP contribution in [0.15, 0.2) is 24.3 Å². The van der Waals surface area contributed by atoms with Crippen molar-refractivity contribution in [2.75, 3.05) is 5.75 Å². The highest BCUT2D eigenvalue weighted by molar-refractivity contribution is 7.90. The molecule has 0 fully saturated rings. The molecule has 0 aliphatic carbocycles. The highest BCUT2D eigenvalue weighted by Crippen LogP contribution is 2.21. The SMILES string of the molecule is CCn1nc(CS(=O)(=O)CC(C)C(=O)O)c2ccccc21. The number of benzene rings is 1. The molecule has 21 heavy (non-hydrogen) atoms. The van der Waals surface area contributed by atoms with Crippen LogP contribution < -0.4 is 0 Å². The molecular formula is C14H18N2O4S. The Hall–Kier alpha value is -1.89. The average molecular weight is 310 g/mol. The number of aromatic nitrogens is 2. The second-order valence-electron chi connectivity index (χ2n) is 5.07. The number of aliphatic carboxylic acids is 1. The van der Waals surface area contributed by atoms with E-state index in [1.54, 1.807) is 4.68 Å². The molecule has 0 saturated heterocycles. The number of carboxylic acid groups (broad SMARTS) is 1. The Kier molecular flexibility index (Phi) is 4.32. The van der Waals surface area contributed by atoms with E-state index in [4.69, 9.17) is 5.11 Å². The summed E-state index contributed by atoms with van der Waals surface area (Å²) in [4.78, 5) is 10.8. The molecule has 0 aliphatic heterocycles. The molecule has 2 rings (SSSR count). The Labute approximate surface area is 123 Å². The largest absolute Gasteiger partial charge is 0.481 e. The van der Waals surface area contributed by atoms with Crippen molar-refractivity contribution in [2.45, 2.75) is 26.1 Å². The number of carbonyl (C=O) groups is 1. The van der Waals surface area contributed by atoms with Gasteiger partial charge in [-0.05, 0) is 13.0 Å². The van der Waals surface area contributed by atoms with Crippen molar-refractivity contribution in [1.82, 2.24) is 9.78 Å².